The Morgan fingerprint density at radius 1 is 1.38 bits per heavy atom. The van der Waals surface area contributed by atoms with E-state index >= 15 is 0 Å². The number of rotatable bonds is 0. The summed E-state index contributed by atoms with van der Waals surface area (Å²) in [7, 11) is 0. The van der Waals surface area contributed by atoms with Crippen LogP contribution in [-0.4, -0.2) is 6.61 Å². The lowest BCUT2D eigenvalue weighted by molar-refractivity contribution is 0.290. The van der Waals surface area contributed by atoms with Crippen molar-refractivity contribution in [3.63, 3.8) is 0 Å². The first-order valence-electron chi connectivity index (χ1n) is 4.54. The minimum atomic E-state index is 0.107. The summed E-state index contributed by atoms with van der Waals surface area (Å²) in [5.74, 6) is 1.03. The number of nitrogen functional groups attached to an aromatic ring is 1. The summed E-state index contributed by atoms with van der Waals surface area (Å²) in [4.78, 5) is 0. The molecule has 2 nitrogen and oxygen atoms in total. The first-order valence-corrected chi connectivity index (χ1v) is 4.54. The molecule has 0 saturated heterocycles. The number of fused-ring (bicyclic) bond motifs is 1. The molecule has 0 fully saturated rings. The van der Waals surface area contributed by atoms with Crippen molar-refractivity contribution in [2.75, 3.05) is 12.3 Å². The summed E-state index contributed by atoms with van der Waals surface area (Å²) in [6.45, 7) is 7.15. The Hall–Kier alpha value is -1.18. The van der Waals surface area contributed by atoms with Crippen LogP contribution in [0.2, 0.25) is 0 Å². The lowest BCUT2D eigenvalue weighted by Crippen LogP contribution is -2.18. The molecule has 0 spiro atoms. The molecule has 0 aromatic heterocycles. The molecule has 0 radical (unpaired) electrons. The van der Waals surface area contributed by atoms with Crippen molar-refractivity contribution < 1.29 is 4.74 Å². The smallest absolute Gasteiger partial charge is 0.126 e. The fourth-order valence-corrected chi connectivity index (χ4v) is 1.83. The molecule has 70 valence electrons. The number of anilines is 1. The van der Waals surface area contributed by atoms with Gasteiger partial charge in [-0.2, -0.15) is 0 Å². The van der Waals surface area contributed by atoms with E-state index in [4.69, 9.17) is 10.5 Å². The van der Waals surface area contributed by atoms with Gasteiger partial charge in [0, 0.05) is 16.7 Å². The summed E-state index contributed by atoms with van der Waals surface area (Å²) in [6.07, 6.45) is 0. The predicted molar refractivity (Wildman–Crippen MR) is 54.1 cm³/mol. The van der Waals surface area contributed by atoms with Gasteiger partial charge in [-0.25, -0.2) is 0 Å². The molecular weight excluding hydrogens is 162 g/mol. The number of ether oxygens (including phenoxy) is 1. The average molecular weight is 177 g/mol. The monoisotopic (exact) mass is 177 g/mol. The van der Waals surface area contributed by atoms with Crippen LogP contribution in [-0.2, 0) is 5.41 Å². The van der Waals surface area contributed by atoms with Crippen LogP contribution in [0.1, 0.15) is 25.0 Å². The van der Waals surface area contributed by atoms with Crippen LogP contribution < -0.4 is 10.5 Å². The zero-order chi connectivity index (χ0) is 9.64. The Kier molecular flexibility index (Phi) is 1.56. The topological polar surface area (TPSA) is 35.2 Å². The summed E-state index contributed by atoms with van der Waals surface area (Å²) in [5.41, 5.74) is 9.11. The van der Waals surface area contributed by atoms with E-state index in [2.05, 4.69) is 13.8 Å². The van der Waals surface area contributed by atoms with Gasteiger partial charge < -0.3 is 10.5 Å². The van der Waals surface area contributed by atoms with E-state index in [9.17, 15) is 0 Å². The summed E-state index contributed by atoms with van der Waals surface area (Å²) in [6, 6.07) is 3.98. The molecule has 0 aliphatic carbocycles. The minimum Gasteiger partial charge on any atom is -0.492 e. The zero-order valence-electron chi connectivity index (χ0n) is 8.35. The second kappa shape index (κ2) is 2.41. The van der Waals surface area contributed by atoms with Crippen molar-refractivity contribution in [3.8, 4) is 5.75 Å². The molecular formula is C11H15NO. The molecule has 1 aromatic rings. The maximum atomic E-state index is 5.80. The normalized spacial score (nSPS) is 18.1. The zero-order valence-corrected chi connectivity index (χ0v) is 8.35. The number of hydrogen-bond donors (Lipinski definition) is 1. The third-order valence-electron chi connectivity index (χ3n) is 2.60. The van der Waals surface area contributed by atoms with Gasteiger partial charge in [0.15, 0.2) is 0 Å². The summed E-state index contributed by atoms with van der Waals surface area (Å²) in [5, 5.41) is 0. The molecule has 0 unspecified atom stereocenters. The Labute approximate surface area is 78.7 Å². The third kappa shape index (κ3) is 1.17. The van der Waals surface area contributed by atoms with E-state index in [0.717, 1.165) is 23.6 Å². The molecule has 13 heavy (non-hydrogen) atoms. The van der Waals surface area contributed by atoms with E-state index in [1.807, 2.05) is 19.1 Å². The maximum Gasteiger partial charge on any atom is 0.126 e. The average Bonchev–Trinajstić information content (AvgIpc) is 2.28. The fraction of sp³-hybridized carbons (Fsp3) is 0.455. The molecule has 2 N–H and O–H groups in total. The van der Waals surface area contributed by atoms with Crippen LogP contribution in [0.15, 0.2) is 12.1 Å². The van der Waals surface area contributed by atoms with Crippen LogP contribution in [0.5, 0.6) is 5.75 Å². The highest BCUT2D eigenvalue weighted by Crippen LogP contribution is 2.41. The van der Waals surface area contributed by atoms with Crippen molar-refractivity contribution in [2.24, 2.45) is 0 Å². The Balaban J connectivity index is 2.65. The van der Waals surface area contributed by atoms with Gasteiger partial charge in [-0.05, 0) is 24.6 Å². The Morgan fingerprint density at radius 2 is 2.08 bits per heavy atom. The van der Waals surface area contributed by atoms with E-state index in [-0.39, 0.29) is 5.41 Å². The molecule has 2 heteroatoms. The first kappa shape index (κ1) is 8.42. The quantitative estimate of drug-likeness (QED) is 0.617. The van der Waals surface area contributed by atoms with Gasteiger partial charge in [0.25, 0.3) is 0 Å². The molecule has 1 heterocycles. The lowest BCUT2D eigenvalue weighted by atomic mass is 9.86. The molecule has 1 aliphatic rings. The van der Waals surface area contributed by atoms with Crippen LogP contribution in [0.3, 0.4) is 0 Å². The van der Waals surface area contributed by atoms with Gasteiger partial charge in [-0.3, -0.25) is 0 Å². The van der Waals surface area contributed by atoms with Crippen molar-refractivity contribution in [3.05, 3.63) is 23.3 Å². The predicted octanol–water partition coefficient (Wildman–Crippen LogP) is 2.25. The number of hydrogen-bond acceptors (Lipinski definition) is 2. The minimum absolute atomic E-state index is 0.107. The third-order valence-corrected chi connectivity index (χ3v) is 2.60. The van der Waals surface area contributed by atoms with Crippen LogP contribution >= 0.6 is 0 Å². The van der Waals surface area contributed by atoms with Crippen molar-refractivity contribution in [1.82, 2.24) is 0 Å². The fourth-order valence-electron chi connectivity index (χ4n) is 1.83. The van der Waals surface area contributed by atoms with Crippen LogP contribution in [0.25, 0.3) is 0 Å². The van der Waals surface area contributed by atoms with Crippen LogP contribution in [0.4, 0.5) is 5.69 Å². The molecule has 0 atom stereocenters. The molecule has 0 bridgehead atoms. The van der Waals surface area contributed by atoms with Gasteiger partial charge in [0.1, 0.15) is 5.75 Å². The lowest BCUT2D eigenvalue weighted by Gasteiger charge is -2.15. The van der Waals surface area contributed by atoms with Gasteiger partial charge >= 0.3 is 0 Å². The summed E-state index contributed by atoms with van der Waals surface area (Å²) >= 11 is 0. The standard InChI is InChI=1S/C11H15NO/c1-7-4-8(12)5-9-10(7)13-6-11(9,2)3/h4-5H,6,12H2,1-3H3. The van der Waals surface area contributed by atoms with E-state index in [1.165, 1.54) is 5.56 Å². The SMILES string of the molecule is Cc1cc(N)cc2c1OCC2(C)C. The second-order valence-electron chi connectivity index (χ2n) is 4.39. The Morgan fingerprint density at radius 3 is 2.77 bits per heavy atom. The van der Waals surface area contributed by atoms with Gasteiger partial charge in [0.05, 0.1) is 6.61 Å². The molecule has 1 aliphatic heterocycles. The van der Waals surface area contributed by atoms with Crippen molar-refractivity contribution in [2.45, 2.75) is 26.2 Å². The largest absolute Gasteiger partial charge is 0.492 e. The molecule has 0 amide bonds. The highest BCUT2D eigenvalue weighted by Gasteiger charge is 2.32. The van der Waals surface area contributed by atoms with Gasteiger partial charge in [-0.1, -0.05) is 13.8 Å². The van der Waals surface area contributed by atoms with Gasteiger partial charge in [-0.15, -0.1) is 0 Å². The first-order chi connectivity index (χ1) is 6.00. The van der Waals surface area contributed by atoms with E-state index in [1.54, 1.807) is 0 Å². The number of nitrogens with two attached hydrogens (primary N) is 1. The van der Waals surface area contributed by atoms with Gasteiger partial charge in [0.2, 0.25) is 0 Å². The van der Waals surface area contributed by atoms with Crippen molar-refractivity contribution in [1.29, 1.82) is 0 Å². The van der Waals surface area contributed by atoms with E-state index < -0.39 is 0 Å². The second-order valence-corrected chi connectivity index (χ2v) is 4.39. The maximum absolute atomic E-state index is 5.80. The van der Waals surface area contributed by atoms with E-state index in [0.29, 0.717) is 0 Å². The highest BCUT2D eigenvalue weighted by molar-refractivity contribution is 5.57. The highest BCUT2D eigenvalue weighted by atomic mass is 16.5. The molecule has 2 rings (SSSR count). The number of benzene rings is 1. The number of aryl methyl sites for hydroxylation is 1. The molecule has 1 aromatic carbocycles. The van der Waals surface area contributed by atoms with Crippen LogP contribution in [0, 0.1) is 6.92 Å². The Bertz CT molecular complexity index is 355. The summed E-state index contributed by atoms with van der Waals surface area (Å²) < 4.78 is 5.64. The molecule has 0 saturated carbocycles. The van der Waals surface area contributed by atoms with Crippen molar-refractivity contribution >= 4 is 5.69 Å².